The second-order valence-electron chi connectivity index (χ2n) is 3.03. The molecule has 0 bridgehead atoms. The SMILES string of the molecule is CC(C)n1ncc(CCl)c1C(F)F. The Morgan fingerprint density at radius 1 is 1.54 bits per heavy atom. The largest absolute Gasteiger partial charge is 0.280 e. The minimum Gasteiger partial charge on any atom is -0.261 e. The Morgan fingerprint density at radius 3 is 2.54 bits per heavy atom. The molecule has 0 atom stereocenters. The maximum atomic E-state index is 12.5. The summed E-state index contributed by atoms with van der Waals surface area (Å²) in [4.78, 5) is 0. The summed E-state index contributed by atoms with van der Waals surface area (Å²) in [6.07, 6.45) is -1.12. The van der Waals surface area contributed by atoms with E-state index >= 15 is 0 Å². The lowest BCUT2D eigenvalue weighted by molar-refractivity contribution is 0.136. The van der Waals surface area contributed by atoms with Crippen LogP contribution in [0.15, 0.2) is 6.20 Å². The zero-order valence-electron chi connectivity index (χ0n) is 7.47. The van der Waals surface area contributed by atoms with Gasteiger partial charge in [-0.2, -0.15) is 5.10 Å². The lowest BCUT2D eigenvalue weighted by Gasteiger charge is -2.10. The molecule has 0 aromatic carbocycles. The van der Waals surface area contributed by atoms with E-state index in [9.17, 15) is 8.78 Å². The van der Waals surface area contributed by atoms with Crippen molar-refractivity contribution in [2.75, 3.05) is 0 Å². The first-order valence-corrected chi connectivity index (χ1v) is 4.51. The van der Waals surface area contributed by atoms with Gasteiger partial charge >= 0.3 is 0 Å². The highest BCUT2D eigenvalue weighted by Gasteiger charge is 2.20. The monoisotopic (exact) mass is 208 g/mol. The molecule has 0 N–H and O–H groups in total. The van der Waals surface area contributed by atoms with Gasteiger partial charge in [0.15, 0.2) is 0 Å². The van der Waals surface area contributed by atoms with Crippen LogP contribution in [0, 0.1) is 0 Å². The van der Waals surface area contributed by atoms with Crippen molar-refractivity contribution >= 4 is 11.6 Å². The van der Waals surface area contributed by atoms with E-state index in [1.54, 1.807) is 13.8 Å². The van der Waals surface area contributed by atoms with Gasteiger partial charge in [-0.1, -0.05) is 0 Å². The molecule has 2 nitrogen and oxygen atoms in total. The minimum atomic E-state index is -2.52. The van der Waals surface area contributed by atoms with Gasteiger partial charge in [0.05, 0.1) is 12.1 Å². The highest BCUT2D eigenvalue weighted by Crippen LogP contribution is 2.26. The van der Waals surface area contributed by atoms with E-state index in [1.807, 2.05) is 0 Å². The lowest BCUT2D eigenvalue weighted by atomic mass is 10.2. The van der Waals surface area contributed by atoms with Gasteiger partial charge in [-0.25, -0.2) is 8.78 Å². The molecular formula is C8H11ClF2N2. The summed E-state index contributed by atoms with van der Waals surface area (Å²) < 4.78 is 26.4. The van der Waals surface area contributed by atoms with Gasteiger partial charge < -0.3 is 0 Å². The van der Waals surface area contributed by atoms with Crippen LogP contribution in [-0.4, -0.2) is 9.78 Å². The molecule has 1 rings (SSSR count). The van der Waals surface area contributed by atoms with Crippen LogP contribution >= 0.6 is 11.6 Å². The van der Waals surface area contributed by atoms with Gasteiger partial charge in [0.1, 0.15) is 5.69 Å². The summed E-state index contributed by atoms with van der Waals surface area (Å²) in [6, 6.07) is -0.0685. The maximum absolute atomic E-state index is 12.5. The van der Waals surface area contributed by atoms with Crippen molar-refractivity contribution < 1.29 is 8.78 Å². The van der Waals surface area contributed by atoms with Crippen molar-refractivity contribution in [1.82, 2.24) is 9.78 Å². The van der Waals surface area contributed by atoms with E-state index in [1.165, 1.54) is 10.9 Å². The van der Waals surface area contributed by atoms with Gasteiger partial charge in [-0.3, -0.25) is 4.68 Å². The van der Waals surface area contributed by atoms with Crippen molar-refractivity contribution in [3.63, 3.8) is 0 Å². The zero-order chi connectivity index (χ0) is 10.0. The van der Waals surface area contributed by atoms with Crippen molar-refractivity contribution in [3.05, 3.63) is 17.5 Å². The van der Waals surface area contributed by atoms with Crippen molar-refractivity contribution in [2.24, 2.45) is 0 Å². The van der Waals surface area contributed by atoms with Crippen LogP contribution in [0.2, 0.25) is 0 Å². The smallest absolute Gasteiger partial charge is 0.261 e. The average Bonchev–Trinajstić information content (AvgIpc) is 2.46. The van der Waals surface area contributed by atoms with Gasteiger partial charge in [0.2, 0.25) is 0 Å². The predicted molar refractivity (Wildman–Crippen MR) is 47.1 cm³/mol. The molecule has 0 spiro atoms. The molecule has 0 unspecified atom stereocenters. The molecule has 0 amide bonds. The third-order valence-corrected chi connectivity index (χ3v) is 2.04. The molecule has 1 aromatic rings. The fourth-order valence-corrected chi connectivity index (χ4v) is 1.37. The Morgan fingerprint density at radius 2 is 2.15 bits per heavy atom. The summed E-state index contributed by atoms with van der Waals surface area (Å²) in [6.45, 7) is 3.60. The second-order valence-corrected chi connectivity index (χ2v) is 3.29. The lowest BCUT2D eigenvalue weighted by Crippen LogP contribution is -2.08. The molecule has 1 heterocycles. The Bertz CT molecular complexity index is 284. The number of aromatic nitrogens is 2. The second kappa shape index (κ2) is 4.05. The molecule has 0 aliphatic heterocycles. The standard InChI is InChI=1S/C8H11ClF2N2/c1-5(2)13-7(8(10)11)6(3-9)4-12-13/h4-5,8H,3H2,1-2H3. The molecule has 0 saturated carbocycles. The third-order valence-electron chi connectivity index (χ3n) is 1.75. The summed E-state index contributed by atoms with van der Waals surface area (Å²) in [5, 5.41) is 3.86. The first-order chi connectivity index (χ1) is 6.07. The highest BCUT2D eigenvalue weighted by molar-refractivity contribution is 6.17. The molecule has 0 aliphatic carbocycles. The Labute approximate surface area is 80.5 Å². The van der Waals surface area contributed by atoms with Crippen molar-refractivity contribution in [1.29, 1.82) is 0 Å². The molecule has 1 aromatic heterocycles. The summed E-state index contributed by atoms with van der Waals surface area (Å²) in [5.41, 5.74) is 0.343. The molecule has 74 valence electrons. The molecule has 0 fully saturated rings. The first-order valence-electron chi connectivity index (χ1n) is 3.98. The molecule has 0 saturated heterocycles. The van der Waals surface area contributed by atoms with Gasteiger partial charge in [0.25, 0.3) is 6.43 Å². The van der Waals surface area contributed by atoms with Crippen LogP contribution in [0.1, 0.15) is 37.6 Å². The maximum Gasteiger partial charge on any atom is 0.280 e. The number of hydrogen-bond acceptors (Lipinski definition) is 1. The number of hydrogen-bond donors (Lipinski definition) is 0. The summed E-state index contributed by atoms with van der Waals surface area (Å²) >= 11 is 5.51. The third kappa shape index (κ3) is 1.99. The summed E-state index contributed by atoms with van der Waals surface area (Å²) in [5.74, 6) is 0.0758. The Kier molecular flexibility index (Phi) is 3.25. The Hall–Kier alpha value is -0.640. The average molecular weight is 209 g/mol. The fourth-order valence-electron chi connectivity index (χ4n) is 1.16. The van der Waals surface area contributed by atoms with Gasteiger partial charge in [0, 0.05) is 11.6 Å². The van der Waals surface area contributed by atoms with E-state index in [2.05, 4.69) is 5.10 Å². The number of nitrogens with zero attached hydrogens (tertiary/aromatic N) is 2. The van der Waals surface area contributed by atoms with E-state index < -0.39 is 6.43 Å². The molecule has 0 aliphatic rings. The van der Waals surface area contributed by atoms with Crippen LogP contribution < -0.4 is 0 Å². The summed E-state index contributed by atoms with van der Waals surface area (Å²) in [7, 11) is 0. The number of alkyl halides is 3. The fraction of sp³-hybridized carbons (Fsp3) is 0.625. The topological polar surface area (TPSA) is 17.8 Å². The Balaban J connectivity index is 3.14. The van der Waals surface area contributed by atoms with Gasteiger partial charge in [-0.15, -0.1) is 11.6 Å². The number of rotatable bonds is 3. The first kappa shape index (κ1) is 10.4. The van der Waals surface area contributed by atoms with E-state index in [4.69, 9.17) is 11.6 Å². The molecule has 13 heavy (non-hydrogen) atoms. The zero-order valence-corrected chi connectivity index (χ0v) is 8.22. The van der Waals surface area contributed by atoms with Crippen LogP contribution in [0.5, 0.6) is 0 Å². The molecule has 0 radical (unpaired) electrons. The van der Waals surface area contributed by atoms with Crippen LogP contribution in [0.25, 0.3) is 0 Å². The number of halogens is 3. The van der Waals surface area contributed by atoms with Crippen molar-refractivity contribution in [3.8, 4) is 0 Å². The van der Waals surface area contributed by atoms with Crippen LogP contribution in [0.4, 0.5) is 8.78 Å². The quantitative estimate of drug-likeness (QED) is 0.698. The van der Waals surface area contributed by atoms with Crippen molar-refractivity contribution in [2.45, 2.75) is 32.2 Å². The van der Waals surface area contributed by atoms with Crippen LogP contribution in [0.3, 0.4) is 0 Å². The van der Waals surface area contributed by atoms with E-state index in [-0.39, 0.29) is 17.6 Å². The van der Waals surface area contributed by atoms with E-state index in [0.717, 1.165) is 0 Å². The van der Waals surface area contributed by atoms with Crippen LogP contribution in [-0.2, 0) is 5.88 Å². The normalized spacial score (nSPS) is 11.6. The minimum absolute atomic E-state index is 0.0648. The molecular weight excluding hydrogens is 198 g/mol. The molecule has 5 heteroatoms. The van der Waals surface area contributed by atoms with E-state index in [0.29, 0.717) is 5.56 Å². The highest BCUT2D eigenvalue weighted by atomic mass is 35.5. The predicted octanol–water partition coefficient (Wildman–Crippen LogP) is 3.14. The van der Waals surface area contributed by atoms with Gasteiger partial charge in [-0.05, 0) is 13.8 Å².